The van der Waals surface area contributed by atoms with Gasteiger partial charge in [0.15, 0.2) is 0 Å². The van der Waals surface area contributed by atoms with Crippen molar-refractivity contribution in [3.8, 4) is 0 Å². The van der Waals surface area contributed by atoms with Crippen molar-refractivity contribution in [2.75, 3.05) is 0 Å². The van der Waals surface area contributed by atoms with E-state index in [2.05, 4.69) is 5.32 Å². The van der Waals surface area contributed by atoms with Gasteiger partial charge in [0, 0.05) is 6.92 Å². The molecule has 0 aliphatic heterocycles. The van der Waals surface area contributed by atoms with Crippen molar-refractivity contribution < 1.29 is 9.90 Å². The molecule has 0 saturated heterocycles. The van der Waals surface area contributed by atoms with E-state index in [1.54, 1.807) is 0 Å². The minimum Gasteiger partial charge on any atom is -0.386 e. The van der Waals surface area contributed by atoms with Gasteiger partial charge in [-0.15, -0.1) is 0 Å². The van der Waals surface area contributed by atoms with E-state index in [0.717, 1.165) is 18.4 Å². The maximum atomic E-state index is 10.9. The van der Waals surface area contributed by atoms with Crippen molar-refractivity contribution in [3.05, 3.63) is 35.4 Å². The van der Waals surface area contributed by atoms with Crippen LogP contribution < -0.4 is 5.32 Å². The number of amides is 1. The first kappa shape index (κ1) is 10.2. The summed E-state index contributed by atoms with van der Waals surface area (Å²) in [7, 11) is 0. The normalized spacial score (nSPS) is 24.4. The average Bonchev–Trinajstić information content (AvgIpc) is 2.22. The molecule has 0 heterocycles. The lowest BCUT2D eigenvalue weighted by Crippen LogP contribution is -2.40. The van der Waals surface area contributed by atoms with Crippen LogP contribution >= 0.6 is 0 Å². The van der Waals surface area contributed by atoms with E-state index >= 15 is 0 Å². The smallest absolute Gasteiger partial charge is 0.217 e. The molecule has 0 spiro atoms. The Labute approximate surface area is 89.1 Å². The molecular weight excluding hydrogens is 190 g/mol. The molecule has 1 aromatic rings. The van der Waals surface area contributed by atoms with Crippen LogP contribution in [-0.2, 0) is 11.2 Å². The summed E-state index contributed by atoms with van der Waals surface area (Å²) in [6.45, 7) is 1.48. The number of aliphatic hydroxyl groups is 1. The first-order valence-corrected chi connectivity index (χ1v) is 5.21. The minimum atomic E-state index is -0.571. The molecule has 0 aromatic heterocycles. The lowest BCUT2D eigenvalue weighted by Gasteiger charge is -2.30. The summed E-state index contributed by atoms with van der Waals surface area (Å²) in [5.74, 6) is -0.0848. The maximum Gasteiger partial charge on any atom is 0.217 e. The van der Waals surface area contributed by atoms with Crippen LogP contribution in [0.15, 0.2) is 24.3 Å². The summed E-state index contributed by atoms with van der Waals surface area (Å²) < 4.78 is 0. The van der Waals surface area contributed by atoms with Gasteiger partial charge in [0.25, 0.3) is 0 Å². The third-order valence-corrected chi connectivity index (χ3v) is 2.87. The zero-order valence-corrected chi connectivity index (χ0v) is 8.73. The number of hydrogen-bond acceptors (Lipinski definition) is 2. The summed E-state index contributed by atoms with van der Waals surface area (Å²) in [6, 6.07) is 7.70. The lowest BCUT2D eigenvalue weighted by molar-refractivity contribution is -0.120. The third-order valence-electron chi connectivity index (χ3n) is 2.87. The number of hydrogen-bond donors (Lipinski definition) is 2. The van der Waals surface area contributed by atoms with Crippen LogP contribution in [0.5, 0.6) is 0 Å². The zero-order valence-electron chi connectivity index (χ0n) is 8.73. The van der Waals surface area contributed by atoms with E-state index in [9.17, 15) is 9.90 Å². The summed E-state index contributed by atoms with van der Waals surface area (Å²) in [4.78, 5) is 10.9. The number of nitrogens with one attached hydrogen (secondary N) is 1. The molecule has 3 heteroatoms. The molecule has 1 aromatic carbocycles. The molecular formula is C12H15NO2. The Hall–Kier alpha value is -1.35. The molecule has 0 saturated carbocycles. The number of benzene rings is 1. The summed E-state index contributed by atoms with van der Waals surface area (Å²) in [5, 5.41) is 12.8. The monoisotopic (exact) mass is 205 g/mol. The van der Waals surface area contributed by atoms with E-state index < -0.39 is 6.10 Å². The Balaban J connectivity index is 2.22. The Kier molecular flexibility index (Phi) is 2.73. The zero-order chi connectivity index (χ0) is 10.8. The molecule has 3 nitrogen and oxygen atoms in total. The molecule has 2 rings (SSSR count). The Morgan fingerprint density at radius 2 is 2.20 bits per heavy atom. The van der Waals surface area contributed by atoms with E-state index in [1.807, 2.05) is 24.3 Å². The van der Waals surface area contributed by atoms with E-state index in [-0.39, 0.29) is 11.9 Å². The van der Waals surface area contributed by atoms with Crippen LogP contribution in [0, 0.1) is 0 Å². The van der Waals surface area contributed by atoms with E-state index in [0.29, 0.717) is 0 Å². The van der Waals surface area contributed by atoms with Crippen LogP contribution in [0.2, 0.25) is 0 Å². The summed E-state index contributed by atoms with van der Waals surface area (Å²) in [5.41, 5.74) is 2.13. The minimum absolute atomic E-state index is 0.0848. The fraction of sp³-hybridized carbons (Fsp3) is 0.417. The van der Waals surface area contributed by atoms with Gasteiger partial charge in [-0.3, -0.25) is 4.79 Å². The Morgan fingerprint density at radius 1 is 1.47 bits per heavy atom. The number of aliphatic hydroxyl groups excluding tert-OH is 1. The molecule has 80 valence electrons. The highest BCUT2D eigenvalue weighted by atomic mass is 16.3. The fourth-order valence-electron chi connectivity index (χ4n) is 2.15. The topological polar surface area (TPSA) is 49.3 Å². The van der Waals surface area contributed by atoms with E-state index in [1.165, 1.54) is 12.5 Å². The quantitative estimate of drug-likeness (QED) is 0.723. The number of carbonyl (C=O) groups is 1. The molecule has 2 N–H and O–H groups in total. The van der Waals surface area contributed by atoms with Gasteiger partial charge in [-0.25, -0.2) is 0 Å². The highest BCUT2D eigenvalue weighted by molar-refractivity contribution is 5.73. The van der Waals surface area contributed by atoms with Crippen LogP contribution in [0.1, 0.15) is 30.6 Å². The van der Waals surface area contributed by atoms with Gasteiger partial charge in [-0.1, -0.05) is 24.3 Å². The maximum absolute atomic E-state index is 10.9. The number of aryl methyl sites for hydroxylation is 1. The molecule has 1 aliphatic rings. The predicted octanol–water partition coefficient (Wildman–Crippen LogP) is 1.17. The van der Waals surface area contributed by atoms with Crippen molar-refractivity contribution >= 4 is 5.91 Å². The molecule has 1 amide bonds. The van der Waals surface area contributed by atoms with Crippen LogP contribution in [0.25, 0.3) is 0 Å². The first-order chi connectivity index (χ1) is 7.18. The van der Waals surface area contributed by atoms with Gasteiger partial charge in [0.1, 0.15) is 0 Å². The molecule has 15 heavy (non-hydrogen) atoms. The van der Waals surface area contributed by atoms with Crippen molar-refractivity contribution in [2.45, 2.75) is 31.9 Å². The van der Waals surface area contributed by atoms with Gasteiger partial charge < -0.3 is 10.4 Å². The second kappa shape index (κ2) is 4.03. The highest BCUT2D eigenvalue weighted by Gasteiger charge is 2.27. The fourth-order valence-corrected chi connectivity index (χ4v) is 2.15. The van der Waals surface area contributed by atoms with Crippen molar-refractivity contribution in [3.63, 3.8) is 0 Å². The second-order valence-corrected chi connectivity index (χ2v) is 3.99. The number of rotatable bonds is 1. The van der Waals surface area contributed by atoms with Crippen molar-refractivity contribution in [1.82, 2.24) is 5.32 Å². The van der Waals surface area contributed by atoms with Crippen LogP contribution in [0.4, 0.5) is 0 Å². The van der Waals surface area contributed by atoms with Crippen LogP contribution in [0.3, 0.4) is 0 Å². The predicted molar refractivity (Wildman–Crippen MR) is 57.3 cm³/mol. The van der Waals surface area contributed by atoms with Gasteiger partial charge in [-0.2, -0.15) is 0 Å². The van der Waals surface area contributed by atoms with E-state index in [4.69, 9.17) is 0 Å². The Morgan fingerprint density at radius 3 is 2.93 bits per heavy atom. The molecule has 0 bridgehead atoms. The summed E-state index contributed by atoms with van der Waals surface area (Å²) in [6.07, 6.45) is 1.15. The lowest BCUT2D eigenvalue weighted by atomic mass is 9.86. The first-order valence-electron chi connectivity index (χ1n) is 5.21. The van der Waals surface area contributed by atoms with Crippen molar-refractivity contribution in [2.24, 2.45) is 0 Å². The van der Waals surface area contributed by atoms with Gasteiger partial charge in [0.05, 0.1) is 12.1 Å². The van der Waals surface area contributed by atoms with Gasteiger partial charge in [0.2, 0.25) is 5.91 Å². The van der Waals surface area contributed by atoms with Gasteiger partial charge in [-0.05, 0) is 24.0 Å². The third kappa shape index (κ3) is 2.02. The van der Waals surface area contributed by atoms with Crippen LogP contribution in [-0.4, -0.2) is 17.1 Å². The standard InChI is InChI=1S/C12H15NO2/c1-8(14)13-11-7-6-9-4-2-3-5-10(9)12(11)15/h2-5,11-12,15H,6-7H2,1H3,(H,13,14). The second-order valence-electron chi connectivity index (χ2n) is 3.99. The number of carbonyl (C=O) groups excluding carboxylic acids is 1. The molecule has 2 atom stereocenters. The summed E-state index contributed by atoms with van der Waals surface area (Å²) >= 11 is 0. The van der Waals surface area contributed by atoms with Crippen molar-refractivity contribution in [1.29, 1.82) is 0 Å². The Bertz CT molecular complexity index is 376. The average molecular weight is 205 g/mol. The molecule has 2 unspecified atom stereocenters. The SMILES string of the molecule is CC(=O)NC1CCc2ccccc2C1O. The molecule has 0 fully saturated rings. The number of fused-ring (bicyclic) bond motifs is 1. The molecule has 0 radical (unpaired) electrons. The highest BCUT2D eigenvalue weighted by Crippen LogP contribution is 2.29. The largest absolute Gasteiger partial charge is 0.386 e. The van der Waals surface area contributed by atoms with Gasteiger partial charge >= 0.3 is 0 Å². The molecule has 1 aliphatic carbocycles.